The second-order valence-electron chi connectivity index (χ2n) is 3.17. The topological polar surface area (TPSA) is 20.2 Å². The molecule has 2 heteroatoms. The molecule has 0 radical (unpaired) electrons. The summed E-state index contributed by atoms with van der Waals surface area (Å²) in [7, 11) is 0. The summed E-state index contributed by atoms with van der Waals surface area (Å²) in [4.78, 5) is 0.922. The molecule has 1 aromatic carbocycles. The Kier molecular flexibility index (Phi) is 2.80. The van der Waals surface area contributed by atoms with E-state index < -0.39 is 5.60 Å². The highest BCUT2D eigenvalue weighted by Crippen LogP contribution is 2.24. The number of benzene rings is 1. The van der Waals surface area contributed by atoms with Crippen LogP contribution in [0.15, 0.2) is 29.2 Å². The quantitative estimate of drug-likeness (QED) is 0.674. The van der Waals surface area contributed by atoms with E-state index in [4.69, 9.17) is 0 Å². The van der Waals surface area contributed by atoms with Crippen molar-refractivity contribution >= 4 is 12.6 Å². The second-order valence-corrected chi connectivity index (χ2v) is 3.69. The summed E-state index contributed by atoms with van der Waals surface area (Å²) in [5.74, 6) is 0. The predicted molar refractivity (Wildman–Crippen MR) is 53.6 cm³/mol. The number of aliphatic hydroxyl groups is 1. The van der Waals surface area contributed by atoms with Crippen LogP contribution in [-0.2, 0) is 5.60 Å². The van der Waals surface area contributed by atoms with E-state index in [-0.39, 0.29) is 0 Å². The first-order valence-corrected chi connectivity index (χ1v) is 4.53. The third-order valence-electron chi connectivity index (χ3n) is 2.18. The van der Waals surface area contributed by atoms with Crippen LogP contribution < -0.4 is 0 Å². The minimum Gasteiger partial charge on any atom is -0.385 e. The maximum Gasteiger partial charge on any atom is 0.0865 e. The molecule has 0 aliphatic heterocycles. The fourth-order valence-corrected chi connectivity index (χ4v) is 1.17. The van der Waals surface area contributed by atoms with E-state index >= 15 is 0 Å². The zero-order valence-electron chi connectivity index (χ0n) is 7.41. The van der Waals surface area contributed by atoms with Crippen LogP contribution in [0.1, 0.15) is 25.8 Å². The van der Waals surface area contributed by atoms with Gasteiger partial charge in [-0.3, -0.25) is 0 Å². The summed E-state index contributed by atoms with van der Waals surface area (Å²) in [5, 5.41) is 9.86. The molecule has 1 rings (SSSR count). The highest BCUT2D eigenvalue weighted by atomic mass is 32.1. The molecule has 0 fully saturated rings. The van der Waals surface area contributed by atoms with Gasteiger partial charge in [-0.2, -0.15) is 0 Å². The zero-order valence-corrected chi connectivity index (χ0v) is 8.31. The van der Waals surface area contributed by atoms with Crippen molar-refractivity contribution in [3.63, 3.8) is 0 Å². The molecular weight excluding hydrogens is 168 g/mol. The van der Waals surface area contributed by atoms with Gasteiger partial charge in [-0.25, -0.2) is 0 Å². The number of rotatable bonds is 2. The fourth-order valence-electron chi connectivity index (χ4n) is 1.02. The minimum atomic E-state index is -0.707. The Balaban J connectivity index is 2.96. The molecule has 1 N–H and O–H groups in total. The van der Waals surface area contributed by atoms with Crippen LogP contribution in [0.2, 0.25) is 0 Å². The first-order chi connectivity index (χ1) is 5.56. The van der Waals surface area contributed by atoms with Crippen molar-refractivity contribution in [1.82, 2.24) is 0 Å². The largest absolute Gasteiger partial charge is 0.385 e. The van der Waals surface area contributed by atoms with Crippen LogP contribution in [0.5, 0.6) is 0 Å². The summed E-state index contributed by atoms with van der Waals surface area (Å²) in [6.07, 6.45) is 0.721. The van der Waals surface area contributed by atoms with Crippen LogP contribution in [0, 0.1) is 0 Å². The van der Waals surface area contributed by atoms with Gasteiger partial charge < -0.3 is 5.11 Å². The maximum absolute atomic E-state index is 9.86. The molecule has 0 aliphatic rings. The van der Waals surface area contributed by atoms with Gasteiger partial charge in [-0.15, -0.1) is 12.6 Å². The van der Waals surface area contributed by atoms with E-state index in [2.05, 4.69) is 12.6 Å². The molecule has 0 heterocycles. The smallest absolute Gasteiger partial charge is 0.0865 e. The summed E-state index contributed by atoms with van der Waals surface area (Å²) < 4.78 is 0. The zero-order chi connectivity index (χ0) is 9.19. The van der Waals surface area contributed by atoms with E-state index in [1.807, 2.05) is 38.1 Å². The lowest BCUT2D eigenvalue weighted by Gasteiger charge is -2.21. The lowest BCUT2D eigenvalue weighted by molar-refractivity contribution is 0.0530. The molecule has 1 atom stereocenters. The average Bonchev–Trinajstić information content (AvgIpc) is 2.05. The van der Waals surface area contributed by atoms with E-state index in [0.717, 1.165) is 16.9 Å². The van der Waals surface area contributed by atoms with Crippen molar-refractivity contribution < 1.29 is 5.11 Å². The maximum atomic E-state index is 9.86. The second kappa shape index (κ2) is 3.50. The van der Waals surface area contributed by atoms with Gasteiger partial charge >= 0.3 is 0 Å². The number of hydrogen-bond acceptors (Lipinski definition) is 2. The van der Waals surface area contributed by atoms with Gasteiger partial charge in [0.05, 0.1) is 5.60 Å². The van der Waals surface area contributed by atoms with E-state index in [1.165, 1.54) is 0 Å². The summed E-state index contributed by atoms with van der Waals surface area (Å²) >= 11 is 4.17. The number of hydrogen-bond donors (Lipinski definition) is 2. The van der Waals surface area contributed by atoms with Crippen LogP contribution in [0.3, 0.4) is 0 Å². The van der Waals surface area contributed by atoms with Crippen LogP contribution in [0.25, 0.3) is 0 Å². The van der Waals surface area contributed by atoms with Gasteiger partial charge in [0.1, 0.15) is 0 Å². The predicted octanol–water partition coefficient (Wildman–Crippen LogP) is 2.59. The van der Waals surface area contributed by atoms with E-state index in [0.29, 0.717) is 0 Å². The third kappa shape index (κ3) is 2.02. The van der Waals surface area contributed by atoms with Gasteiger partial charge in [-0.1, -0.05) is 19.1 Å². The normalized spacial score (nSPS) is 15.7. The first kappa shape index (κ1) is 9.62. The van der Waals surface area contributed by atoms with Gasteiger partial charge in [0.25, 0.3) is 0 Å². The van der Waals surface area contributed by atoms with Gasteiger partial charge in [0.15, 0.2) is 0 Å². The lowest BCUT2D eigenvalue weighted by Crippen LogP contribution is -2.19. The molecule has 1 aromatic rings. The highest BCUT2D eigenvalue weighted by molar-refractivity contribution is 7.80. The van der Waals surface area contributed by atoms with E-state index in [9.17, 15) is 5.11 Å². The molecule has 66 valence electrons. The van der Waals surface area contributed by atoms with Crippen LogP contribution in [0.4, 0.5) is 0 Å². The van der Waals surface area contributed by atoms with Crippen molar-refractivity contribution in [2.45, 2.75) is 30.8 Å². The fraction of sp³-hybridized carbons (Fsp3) is 0.400. The standard InChI is InChI=1S/C10H14OS/c1-3-10(2,11)8-4-6-9(12)7-5-8/h4-7,11-12H,3H2,1-2H3. The van der Waals surface area contributed by atoms with Crippen molar-refractivity contribution in [2.24, 2.45) is 0 Å². The van der Waals surface area contributed by atoms with Gasteiger partial charge in [-0.05, 0) is 31.0 Å². The van der Waals surface area contributed by atoms with Crippen LogP contribution in [-0.4, -0.2) is 5.11 Å². The van der Waals surface area contributed by atoms with Gasteiger partial charge in [0, 0.05) is 4.90 Å². The molecule has 0 aromatic heterocycles. The summed E-state index contributed by atoms with van der Waals surface area (Å²) in [6, 6.07) is 7.60. The highest BCUT2D eigenvalue weighted by Gasteiger charge is 2.19. The Hall–Kier alpha value is -0.470. The average molecular weight is 182 g/mol. The van der Waals surface area contributed by atoms with Crippen molar-refractivity contribution in [1.29, 1.82) is 0 Å². The molecule has 0 amide bonds. The molecule has 0 aliphatic carbocycles. The minimum absolute atomic E-state index is 0.707. The first-order valence-electron chi connectivity index (χ1n) is 4.08. The van der Waals surface area contributed by atoms with Crippen LogP contribution >= 0.6 is 12.6 Å². The van der Waals surface area contributed by atoms with Crippen molar-refractivity contribution in [2.75, 3.05) is 0 Å². The Labute approximate surface area is 78.8 Å². The monoisotopic (exact) mass is 182 g/mol. The molecule has 0 saturated heterocycles. The molecule has 0 saturated carbocycles. The summed E-state index contributed by atoms with van der Waals surface area (Å²) in [6.45, 7) is 3.79. The Morgan fingerprint density at radius 2 is 1.83 bits per heavy atom. The Bertz CT molecular complexity index is 251. The third-order valence-corrected chi connectivity index (χ3v) is 2.48. The SMILES string of the molecule is CCC(C)(O)c1ccc(S)cc1. The molecule has 1 nitrogen and oxygen atoms in total. The van der Waals surface area contributed by atoms with Crippen molar-refractivity contribution in [3.05, 3.63) is 29.8 Å². The van der Waals surface area contributed by atoms with Crippen molar-refractivity contribution in [3.8, 4) is 0 Å². The summed E-state index contributed by atoms with van der Waals surface area (Å²) in [5.41, 5.74) is 0.240. The van der Waals surface area contributed by atoms with Gasteiger partial charge in [0.2, 0.25) is 0 Å². The van der Waals surface area contributed by atoms with E-state index in [1.54, 1.807) is 0 Å². The lowest BCUT2D eigenvalue weighted by atomic mass is 9.94. The molecular formula is C10H14OS. The Morgan fingerprint density at radius 3 is 2.25 bits per heavy atom. The molecule has 0 spiro atoms. The number of thiol groups is 1. The molecule has 12 heavy (non-hydrogen) atoms. The molecule has 0 bridgehead atoms. The Morgan fingerprint density at radius 1 is 1.33 bits per heavy atom. The molecule has 1 unspecified atom stereocenters.